The highest BCUT2D eigenvalue weighted by atomic mass is 32.1. The van der Waals surface area contributed by atoms with Gasteiger partial charge in [-0.3, -0.25) is 9.78 Å². The summed E-state index contributed by atoms with van der Waals surface area (Å²) in [5, 5.41) is 1.90. The Balaban J connectivity index is 1.65. The van der Waals surface area contributed by atoms with Crippen molar-refractivity contribution in [3.8, 4) is 33.0 Å². The van der Waals surface area contributed by atoms with Crippen molar-refractivity contribution in [1.82, 2.24) is 34.9 Å². The molecule has 0 saturated heterocycles. The molecule has 0 fully saturated rings. The van der Waals surface area contributed by atoms with Crippen LogP contribution in [-0.4, -0.2) is 34.9 Å². The van der Waals surface area contributed by atoms with Crippen LogP contribution in [0.25, 0.3) is 55.0 Å². The second-order valence-electron chi connectivity index (χ2n) is 7.43. The molecule has 1 N–H and O–H groups in total. The van der Waals surface area contributed by atoms with Crippen molar-refractivity contribution >= 4 is 33.4 Å². The Hall–Kier alpha value is -4.37. The number of H-pyrrole nitrogens is 1. The summed E-state index contributed by atoms with van der Waals surface area (Å²) >= 11 is 1.53. The number of benzene rings is 1. The summed E-state index contributed by atoms with van der Waals surface area (Å²) < 4.78 is 0. The molecular formula is C24H15N7OS. The first kappa shape index (κ1) is 19.3. The quantitative estimate of drug-likeness (QED) is 0.426. The number of fused-ring (bicyclic) bond motifs is 2. The predicted octanol–water partition coefficient (Wildman–Crippen LogP) is 4.42. The molecule has 0 atom stereocenters. The number of aryl methyl sites for hydroxylation is 1. The van der Waals surface area contributed by atoms with Crippen molar-refractivity contribution in [1.29, 1.82) is 0 Å². The third-order valence-electron chi connectivity index (χ3n) is 5.31. The van der Waals surface area contributed by atoms with E-state index in [0.717, 1.165) is 26.4 Å². The summed E-state index contributed by atoms with van der Waals surface area (Å²) in [5.41, 5.74) is 4.49. The van der Waals surface area contributed by atoms with Gasteiger partial charge in [-0.25, -0.2) is 24.9 Å². The molecule has 0 spiro atoms. The molecule has 5 heterocycles. The highest BCUT2D eigenvalue weighted by Gasteiger charge is 2.19. The maximum absolute atomic E-state index is 13.4. The fraction of sp³-hybridized carbons (Fsp3) is 0.0417. The Morgan fingerprint density at radius 3 is 2.64 bits per heavy atom. The summed E-state index contributed by atoms with van der Waals surface area (Å²) in [6.45, 7) is 1.94. The van der Waals surface area contributed by atoms with Gasteiger partial charge in [0.05, 0.1) is 26.7 Å². The molecule has 33 heavy (non-hydrogen) atoms. The minimum absolute atomic E-state index is 0.234. The van der Waals surface area contributed by atoms with Gasteiger partial charge in [0.1, 0.15) is 12.0 Å². The molecule has 6 aromatic rings. The van der Waals surface area contributed by atoms with E-state index >= 15 is 0 Å². The monoisotopic (exact) mass is 449 g/mol. The minimum atomic E-state index is -0.234. The van der Waals surface area contributed by atoms with Crippen LogP contribution in [0.4, 0.5) is 0 Å². The van der Waals surface area contributed by atoms with Crippen molar-refractivity contribution < 1.29 is 0 Å². The number of rotatable bonds is 3. The van der Waals surface area contributed by atoms with Crippen molar-refractivity contribution in [2.24, 2.45) is 0 Å². The van der Waals surface area contributed by atoms with Gasteiger partial charge in [0.15, 0.2) is 11.2 Å². The molecule has 0 bridgehead atoms. The molecule has 6 rings (SSSR count). The number of hydrogen-bond acceptors (Lipinski definition) is 8. The number of pyridine rings is 2. The zero-order chi connectivity index (χ0) is 22.4. The molecule has 0 unspecified atom stereocenters. The van der Waals surface area contributed by atoms with Crippen molar-refractivity contribution in [3.63, 3.8) is 0 Å². The van der Waals surface area contributed by atoms with Crippen LogP contribution in [-0.2, 0) is 0 Å². The van der Waals surface area contributed by atoms with Gasteiger partial charge in [-0.1, -0.05) is 12.1 Å². The van der Waals surface area contributed by atoms with Crippen LogP contribution in [0.2, 0.25) is 0 Å². The lowest BCUT2D eigenvalue weighted by Crippen LogP contribution is -2.11. The van der Waals surface area contributed by atoms with Crippen LogP contribution >= 0.6 is 11.3 Å². The molecule has 0 saturated carbocycles. The van der Waals surface area contributed by atoms with E-state index in [-0.39, 0.29) is 10.9 Å². The van der Waals surface area contributed by atoms with Gasteiger partial charge in [0, 0.05) is 47.5 Å². The summed E-state index contributed by atoms with van der Waals surface area (Å²) in [6, 6.07) is 9.80. The lowest BCUT2D eigenvalue weighted by Gasteiger charge is -2.10. The predicted molar refractivity (Wildman–Crippen MR) is 128 cm³/mol. The average molecular weight is 449 g/mol. The highest BCUT2D eigenvalue weighted by Crippen LogP contribution is 2.34. The van der Waals surface area contributed by atoms with Crippen LogP contribution < -0.4 is 5.43 Å². The standard InChI is InChI=1S/C24H15N7OS/c1-13-28-11-19(33-13)21-20(15-4-5-18-14(7-15)3-2-6-27-18)30-22-23(32)17(10-29-24(22)31-21)16-8-25-12-26-9-16/h2-12H,1H3,(H,29,31,32). The summed E-state index contributed by atoms with van der Waals surface area (Å²) in [7, 11) is 0. The Kier molecular flexibility index (Phi) is 4.48. The smallest absolute Gasteiger partial charge is 0.217 e. The molecule has 0 amide bonds. The number of nitrogens with one attached hydrogen (secondary N) is 1. The molecule has 5 aromatic heterocycles. The second-order valence-corrected chi connectivity index (χ2v) is 8.67. The Morgan fingerprint density at radius 1 is 0.939 bits per heavy atom. The average Bonchev–Trinajstić information content (AvgIpc) is 3.30. The van der Waals surface area contributed by atoms with E-state index in [9.17, 15) is 4.79 Å². The zero-order valence-electron chi connectivity index (χ0n) is 17.4. The number of aromatic nitrogens is 7. The molecular weight excluding hydrogens is 434 g/mol. The maximum Gasteiger partial charge on any atom is 0.217 e. The molecule has 0 aliphatic carbocycles. The lowest BCUT2D eigenvalue weighted by molar-refractivity contribution is 1.16. The van der Waals surface area contributed by atoms with E-state index in [0.29, 0.717) is 28.2 Å². The Labute approximate surface area is 191 Å². The van der Waals surface area contributed by atoms with Crippen molar-refractivity contribution in [3.05, 3.63) is 82.9 Å². The van der Waals surface area contributed by atoms with Crippen LogP contribution in [0, 0.1) is 6.92 Å². The molecule has 9 heteroatoms. The largest absolute Gasteiger partial charge is 0.344 e. The molecule has 0 aliphatic heterocycles. The van der Waals surface area contributed by atoms with E-state index in [4.69, 9.17) is 9.97 Å². The first-order valence-electron chi connectivity index (χ1n) is 10.1. The van der Waals surface area contributed by atoms with Gasteiger partial charge >= 0.3 is 0 Å². The lowest BCUT2D eigenvalue weighted by atomic mass is 10.1. The third kappa shape index (κ3) is 3.35. The van der Waals surface area contributed by atoms with E-state index in [1.165, 1.54) is 17.7 Å². The van der Waals surface area contributed by atoms with Crippen LogP contribution in [0.1, 0.15) is 5.01 Å². The van der Waals surface area contributed by atoms with Gasteiger partial charge in [-0.15, -0.1) is 11.3 Å². The van der Waals surface area contributed by atoms with Crippen molar-refractivity contribution in [2.75, 3.05) is 0 Å². The van der Waals surface area contributed by atoms with Crippen LogP contribution in [0.5, 0.6) is 0 Å². The van der Waals surface area contributed by atoms with Crippen LogP contribution in [0.3, 0.4) is 0 Å². The molecule has 1 aromatic carbocycles. The first-order valence-corrected chi connectivity index (χ1v) is 11.0. The number of hydrogen-bond donors (Lipinski definition) is 1. The van der Waals surface area contributed by atoms with Crippen molar-refractivity contribution in [2.45, 2.75) is 6.92 Å². The topological polar surface area (TPSA) is 110 Å². The van der Waals surface area contributed by atoms with E-state index in [2.05, 4.69) is 24.9 Å². The number of aromatic amines is 1. The summed E-state index contributed by atoms with van der Waals surface area (Å²) in [4.78, 5) is 43.9. The van der Waals surface area contributed by atoms with Gasteiger partial charge < -0.3 is 4.98 Å². The second kappa shape index (κ2) is 7.64. The van der Waals surface area contributed by atoms with Crippen LogP contribution in [0.15, 0.2) is 72.4 Å². The molecule has 8 nitrogen and oxygen atoms in total. The van der Waals surface area contributed by atoms with Gasteiger partial charge in [-0.05, 0) is 25.1 Å². The van der Waals surface area contributed by atoms with E-state index < -0.39 is 0 Å². The third-order valence-corrected chi connectivity index (χ3v) is 6.23. The SMILES string of the molecule is Cc1ncc(-c2nc3[nH]cc(-c4cncnc4)c(=O)c3nc2-c2ccc3ncccc3c2)s1. The zero-order valence-corrected chi connectivity index (χ0v) is 18.2. The number of thiazole rings is 1. The summed E-state index contributed by atoms with van der Waals surface area (Å²) in [6.07, 6.45) is 9.80. The maximum atomic E-state index is 13.4. The Bertz CT molecular complexity index is 1710. The van der Waals surface area contributed by atoms with E-state index in [1.54, 1.807) is 31.0 Å². The molecule has 158 valence electrons. The fourth-order valence-corrected chi connectivity index (χ4v) is 4.52. The van der Waals surface area contributed by atoms with Gasteiger partial charge in [0.25, 0.3) is 0 Å². The summed E-state index contributed by atoms with van der Waals surface area (Å²) in [5.74, 6) is 0. The molecule has 0 aliphatic rings. The molecule has 0 radical (unpaired) electrons. The normalized spacial score (nSPS) is 11.3. The van der Waals surface area contributed by atoms with E-state index in [1.807, 2.05) is 37.3 Å². The number of nitrogens with zero attached hydrogens (tertiary/aromatic N) is 6. The first-order chi connectivity index (χ1) is 16.2. The highest BCUT2D eigenvalue weighted by molar-refractivity contribution is 7.15. The van der Waals surface area contributed by atoms with Gasteiger partial charge in [0.2, 0.25) is 5.43 Å². The Morgan fingerprint density at radius 2 is 1.82 bits per heavy atom. The minimum Gasteiger partial charge on any atom is -0.344 e. The fourth-order valence-electron chi connectivity index (χ4n) is 3.75. The van der Waals surface area contributed by atoms with Gasteiger partial charge in [-0.2, -0.15) is 0 Å².